The smallest absolute Gasteiger partial charge is 0.254 e. The van der Waals surface area contributed by atoms with Crippen LogP contribution in [0.4, 0.5) is 0 Å². The largest absolute Gasteiger partial charge is 0.379 e. The van der Waals surface area contributed by atoms with Crippen LogP contribution >= 0.6 is 0 Å². The first kappa shape index (κ1) is 11.6. The van der Waals surface area contributed by atoms with Crippen LogP contribution in [0.25, 0.3) is 5.78 Å². The molecule has 6 nitrogen and oxygen atoms in total. The van der Waals surface area contributed by atoms with Gasteiger partial charge in [0.05, 0.1) is 19.1 Å². The fourth-order valence-electron chi connectivity index (χ4n) is 2.35. The van der Waals surface area contributed by atoms with Crippen LogP contribution in [0.2, 0.25) is 0 Å². The van der Waals surface area contributed by atoms with E-state index < -0.39 is 0 Å². The number of nitrogens with one attached hydrogen (secondary N) is 1. The van der Waals surface area contributed by atoms with Crippen molar-refractivity contribution in [2.75, 3.05) is 19.8 Å². The maximum atomic E-state index is 5.58. The molecule has 0 amide bonds. The molecule has 1 aliphatic heterocycles. The molecule has 2 aromatic rings. The van der Waals surface area contributed by atoms with Crippen LogP contribution in [-0.4, -0.2) is 45.4 Å². The molecular weight excluding hydrogens is 230 g/mol. The Labute approximate surface area is 105 Å². The molecule has 0 bridgehead atoms. The van der Waals surface area contributed by atoms with Crippen molar-refractivity contribution >= 4 is 5.78 Å². The average molecular weight is 247 g/mol. The normalized spacial score (nSPS) is 23.8. The molecule has 2 unspecified atom stereocenters. The van der Waals surface area contributed by atoms with Gasteiger partial charge >= 0.3 is 0 Å². The summed E-state index contributed by atoms with van der Waals surface area (Å²) >= 11 is 0. The average Bonchev–Trinajstić information content (AvgIpc) is 3.02. The zero-order valence-electron chi connectivity index (χ0n) is 10.4. The summed E-state index contributed by atoms with van der Waals surface area (Å²) in [5.41, 5.74) is 0. The lowest BCUT2D eigenvalue weighted by atomic mass is 10.0. The molecule has 1 saturated heterocycles. The van der Waals surface area contributed by atoms with Gasteiger partial charge in [0.25, 0.3) is 5.78 Å². The van der Waals surface area contributed by atoms with Crippen LogP contribution in [0.1, 0.15) is 25.1 Å². The Morgan fingerprint density at radius 1 is 1.44 bits per heavy atom. The molecular formula is C12H17N5O. The van der Waals surface area contributed by atoms with E-state index in [0.29, 0.717) is 18.4 Å². The van der Waals surface area contributed by atoms with Gasteiger partial charge in [-0.1, -0.05) is 6.92 Å². The van der Waals surface area contributed by atoms with Crippen LogP contribution in [-0.2, 0) is 4.74 Å². The van der Waals surface area contributed by atoms with Crippen LogP contribution in [0.15, 0.2) is 18.5 Å². The van der Waals surface area contributed by atoms with E-state index in [4.69, 9.17) is 4.74 Å². The van der Waals surface area contributed by atoms with Gasteiger partial charge in [0, 0.05) is 18.4 Å². The van der Waals surface area contributed by atoms with Crippen molar-refractivity contribution in [3.63, 3.8) is 0 Å². The maximum Gasteiger partial charge on any atom is 0.254 e. The molecule has 2 aromatic heterocycles. The predicted molar refractivity (Wildman–Crippen MR) is 66.4 cm³/mol. The van der Waals surface area contributed by atoms with E-state index in [9.17, 15) is 0 Å². The van der Waals surface area contributed by atoms with Crippen LogP contribution < -0.4 is 5.32 Å². The summed E-state index contributed by atoms with van der Waals surface area (Å²) in [5.74, 6) is 1.83. The molecule has 3 rings (SSSR count). The number of nitrogens with zero attached hydrogens (tertiary/aromatic N) is 4. The molecule has 0 saturated carbocycles. The molecule has 2 atom stereocenters. The molecule has 6 heteroatoms. The third-order valence-corrected chi connectivity index (χ3v) is 3.28. The van der Waals surface area contributed by atoms with Crippen molar-refractivity contribution in [2.24, 2.45) is 0 Å². The minimum Gasteiger partial charge on any atom is -0.379 e. The summed E-state index contributed by atoms with van der Waals surface area (Å²) in [4.78, 5) is 4.19. The van der Waals surface area contributed by atoms with E-state index in [1.165, 1.54) is 0 Å². The van der Waals surface area contributed by atoms with Crippen LogP contribution in [0.5, 0.6) is 0 Å². The molecule has 0 aliphatic carbocycles. The Balaban J connectivity index is 1.88. The van der Waals surface area contributed by atoms with Gasteiger partial charge in [0.2, 0.25) is 0 Å². The number of hydrogen-bond donors (Lipinski definition) is 1. The minimum absolute atomic E-state index is 0.246. The Morgan fingerprint density at radius 2 is 2.39 bits per heavy atom. The Bertz CT molecular complexity index is 526. The first-order chi connectivity index (χ1) is 8.90. The third-order valence-electron chi connectivity index (χ3n) is 3.28. The van der Waals surface area contributed by atoms with E-state index in [2.05, 4.69) is 27.4 Å². The SMILES string of the molecule is CCCNC1COCC1c1nnc2ncccn12. The van der Waals surface area contributed by atoms with Crippen LogP contribution in [0, 0.1) is 0 Å². The first-order valence-corrected chi connectivity index (χ1v) is 6.37. The fourth-order valence-corrected chi connectivity index (χ4v) is 2.35. The molecule has 96 valence electrons. The monoisotopic (exact) mass is 247 g/mol. The van der Waals surface area contributed by atoms with Crippen LogP contribution in [0.3, 0.4) is 0 Å². The van der Waals surface area contributed by atoms with Crippen molar-refractivity contribution in [1.82, 2.24) is 24.9 Å². The lowest BCUT2D eigenvalue weighted by Crippen LogP contribution is -2.35. The van der Waals surface area contributed by atoms with Gasteiger partial charge in [-0.3, -0.25) is 4.40 Å². The van der Waals surface area contributed by atoms with E-state index in [-0.39, 0.29) is 5.92 Å². The molecule has 0 spiro atoms. The fraction of sp³-hybridized carbons (Fsp3) is 0.583. The lowest BCUT2D eigenvalue weighted by molar-refractivity contribution is 0.187. The van der Waals surface area contributed by atoms with Crippen molar-refractivity contribution in [3.05, 3.63) is 24.3 Å². The van der Waals surface area contributed by atoms with E-state index in [0.717, 1.165) is 25.4 Å². The second-order valence-electron chi connectivity index (χ2n) is 4.55. The molecule has 0 radical (unpaired) electrons. The second kappa shape index (κ2) is 4.99. The van der Waals surface area contributed by atoms with Crippen molar-refractivity contribution < 1.29 is 4.74 Å². The summed E-state index contributed by atoms with van der Waals surface area (Å²) in [6.45, 7) is 4.59. The van der Waals surface area contributed by atoms with Gasteiger partial charge in [0.15, 0.2) is 0 Å². The van der Waals surface area contributed by atoms with Gasteiger partial charge < -0.3 is 10.1 Å². The highest BCUT2D eigenvalue weighted by molar-refractivity contribution is 5.28. The molecule has 3 heterocycles. The number of hydrogen-bond acceptors (Lipinski definition) is 5. The van der Waals surface area contributed by atoms with Crippen molar-refractivity contribution in [3.8, 4) is 0 Å². The molecule has 18 heavy (non-hydrogen) atoms. The molecule has 1 fully saturated rings. The van der Waals surface area contributed by atoms with Gasteiger partial charge in [-0.15, -0.1) is 10.2 Å². The topological polar surface area (TPSA) is 64.3 Å². The van der Waals surface area contributed by atoms with E-state index >= 15 is 0 Å². The minimum atomic E-state index is 0.246. The van der Waals surface area contributed by atoms with Gasteiger partial charge in [0.1, 0.15) is 5.82 Å². The van der Waals surface area contributed by atoms with Gasteiger partial charge in [-0.25, -0.2) is 4.98 Å². The summed E-state index contributed by atoms with van der Waals surface area (Å²) in [7, 11) is 0. The summed E-state index contributed by atoms with van der Waals surface area (Å²) in [5, 5.41) is 11.9. The summed E-state index contributed by atoms with van der Waals surface area (Å²) in [6.07, 6.45) is 4.80. The third kappa shape index (κ3) is 1.97. The Kier molecular flexibility index (Phi) is 3.21. The highest BCUT2D eigenvalue weighted by atomic mass is 16.5. The predicted octanol–water partition coefficient (Wildman–Crippen LogP) is 0.606. The van der Waals surface area contributed by atoms with E-state index in [1.54, 1.807) is 6.20 Å². The van der Waals surface area contributed by atoms with Crippen molar-refractivity contribution in [2.45, 2.75) is 25.3 Å². The summed E-state index contributed by atoms with van der Waals surface area (Å²) in [6, 6.07) is 2.21. The second-order valence-corrected chi connectivity index (χ2v) is 4.55. The number of ether oxygens (including phenoxy) is 1. The van der Waals surface area contributed by atoms with E-state index in [1.807, 2.05) is 16.7 Å². The highest BCUT2D eigenvalue weighted by Gasteiger charge is 2.32. The number of rotatable bonds is 4. The van der Waals surface area contributed by atoms with Gasteiger partial charge in [-0.2, -0.15) is 0 Å². The lowest BCUT2D eigenvalue weighted by Gasteiger charge is -2.17. The zero-order chi connectivity index (χ0) is 12.4. The highest BCUT2D eigenvalue weighted by Crippen LogP contribution is 2.24. The zero-order valence-corrected chi connectivity index (χ0v) is 10.4. The molecule has 1 N–H and O–H groups in total. The van der Waals surface area contributed by atoms with Gasteiger partial charge in [-0.05, 0) is 19.0 Å². The maximum absolute atomic E-state index is 5.58. The van der Waals surface area contributed by atoms with Crippen molar-refractivity contribution in [1.29, 1.82) is 0 Å². The molecule has 1 aliphatic rings. The molecule has 0 aromatic carbocycles. The Hall–Kier alpha value is -1.53. The summed E-state index contributed by atoms with van der Waals surface area (Å²) < 4.78 is 7.52. The standard InChI is InChI=1S/C12H17N5O/c1-2-4-13-10-8-18-7-9(10)11-15-16-12-14-5-3-6-17(11)12/h3,5-6,9-10,13H,2,4,7-8H2,1H3. The number of aromatic nitrogens is 4. The Morgan fingerprint density at radius 3 is 3.28 bits per heavy atom. The quantitative estimate of drug-likeness (QED) is 0.857. The number of fused-ring (bicyclic) bond motifs is 1. The first-order valence-electron chi connectivity index (χ1n) is 6.37.